The van der Waals surface area contributed by atoms with E-state index in [0.29, 0.717) is 10.7 Å². The predicted octanol–water partition coefficient (Wildman–Crippen LogP) is 3.02. The van der Waals surface area contributed by atoms with Crippen molar-refractivity contribution in [3.05, 3.63) is 64.7 Å². The van der Waals surface area contributed by atoms with Gasteiger partial charge in [0.2, 0.25) is 11.8 Å². The van der Waals surface area contributed by atoms with E-state index in [1.54, 1.807) is 25.1 Å². The van der Waals surface area contributed by atoms with Crippen LogP contribution in [0.2, 0.25) is 5.02 Å². The van der Waals surface area contributed by atoms with E-state index in [1.807, 2.05) is 30.3 Å². The second-order valence-electron chi connectivity index (χ2n) is 6.11. The van der Waals surface area contributed by atoms with Crippen molar-refractivity contribution in [2.24, 2.45) is 0 Å². The maximum Gasteiger partial charge on any atom is 0.408 e. The molecule has 1 atom stereocenters. The van der Waals surface area contributed by atoms with Crippen LogP contribution in [-0.2, 0) is 20.9 Å². The molecule has 7 nitrogen and oxygen atoms in total. The summed E-state index contributed by atoms with van der Waals surface area (Å²) in [5.74, 6) is -0.910. The number of alkyl carbamates (subject to hydrolysis) is 1. The van der Waals surface area contributed by atoms with E-state index >= 15 is 0 Å². The van der Waals surface area contributed by atoms with E-state index in [9.17, 15) is 14.4 Å². The first-order valence-electron chi connectivity index (χ1n) is 8.66. The number of hydrogen-bond acceptors (Lipinski definition) is 4. The molecule has 1 unspecified atom stereocenters. The highest BCUT2D eigenvalue weighted by Gasteiger charge is 2.17. The van der Waals surface area contributed by atoms with Crippen LogP contribution in [0, 0.1) is 6.92 Å². The summed E-state index contributed by atoms with van der Waals surface area (Å²) in [6.45, 7) is 3.14. The zero-order valence-corrected chi connectivity index (χ0v) is 16.4. The number of halogens is 1. The van der Waals surface area contributed by atoms with Crippen molar-refractivity contribution in [1.29, 1.82) is 0 Å². The molecule has 0 saturated heterocycles. The molecule has 0 fully saturated rings. The number of amides is 3. The van der Waals surface area contributed by atoms with Crippen molar-refractivity contribution in [2.75, 3.05) is 11.9 Å². The number of benzene rings is 2. The quantitative estimate of drug-likeness (QED) is 0.662. The molecule has 0 aliphatic carbocycles. The molecule has 8 heteroatoms. The molecule has 28 heavy (non-hydrogen) atoms. The first kappa shape index (κ1) is 21.2. The fourth-order valence-electron chi connectivity index (χ4n) is 2.26. The number of carbonyl (C=O) groups excluding carboxylic acids is 3. The number of rotatable bonds is 7. The first-order chi connectivity index (χ1) is 13.4. The highest BCUT2D eigenvalue weighted by molar-refractivity contribution is 6.31. The van der Waals surface area contributed by atoms with Crippen LogP contribution in [0.1, 0.15) is 18.1 Å². The van der Waals surface area contributed by atoms with Crippen LogP contribution >= 0.6 is 11.6 Å². The number of nitrogens with one attached hydrogen (secondary N) is 3. The predicted molar refractivity (Wildman–Crippen MR) is 107 cm³/mol. The molecule has 0 saturated carbocycles. The Kier molecular flexibility index (Phi) is 7.83. The van der Waals surface area contributed by atoms with Gasteiger partial charge in [0.1, 0.15) is 12.6 Å². The minimum absolute atomic E-state index is 0.0996. The third-order valence-electron chi connectivity index (χ3n) is 3.91. The van der Waals surface area contributed by atoms with E-state index < -0.39 is 23.9 Å². The fourth-order valence-corrected chi connectivity index (χ4v) is 2.44. The molecule has 0 heterocycles. The number of ether oxygens (including phenoxy) is 1. The Hall–Kier alpha value is -3.06. The van der Waals surface area contributed by atoms with E-state index in [-0.39, 0.29) is 13.2 Å². The monoisotopic (exact) mass is 403 g/mol. The summed E-state index contributed by atoms with van der Waals surface area (Å²) in [6, 6.07) is 13.5. The van der Waals surface area contributed by atoms with Crippen molar-refractivity contribution < 1.29 is 19.1 Å². The molecule has 0 aliphatic heterocycles. The van der Waals surface area contributed by atoms with Gasteiger partial charge in [-0.1, -0.05) is 48.0 Å². The summed E-state index contributed by atoms with van der Waals surface area (Å²) in [6.07, 6.45) is -0.717. The Balaban J connectivity index is 1.73. The van der Waals surface area contributed by atoms with Gasteiger partial charge in [-0.15, -0.1) is 0 Å². The van der Waals surface area contributed by atoms with Gasteiger partial charge in [0, 0.05) is 10.7 Å². The van der Waals surface area contributed by atoms with Gasteiger partial charge >= 0.3 is 6.09 Å². The number of anilines is 1. The molecule has 0 radical (unpaired) electrons. The molecule has 0 aliphatic rings. The molecule has 0 bridgehead atoms. The summed E-state index contributed by atoms with van der Waals surface area (Å²) in [7, 11) is 0. The average Bonchev–Trinajstić information content (AvgIpc) is 2.68. The van der Waals surface area contributed by atoms with Crippen molar-refractivity contribution in [1.82, 2.24) is 10.6 Å². The SMILES string of the molecule is Cc1c(Cl)cccc1NC(=O)CNC(=O)C(C)NC(=O)OCc1ccccc1. The molecule has 2 aromatic rings. The lowest BCUT2D eigenvalue weighted by Crippen LogP contribution is -2.46. The number of hydrogen-bond donors (Lipinski definition) is 3. The summed E-state index contributed by atoms with van der Waals surface area (Å²) in [5.41, 5.74) is 2.14. The van der Waals surface area contributed by atoms with Crippen LogP contribution < -0.4 is 16.0 Å². The summed E-state index contributed by atoms with van der Waals surface area (Å²) >= 11 is 6.01. The summed E-state index contributed by atoms with van der Waals surface area (Å²) in [4.78, 5) is 35.8. The molecule has 3 amide bonds. The smallest absolute Gasteiger partial charge is 0.408 e. The van der Waals surface area contributed by atoms with Gasteiger partial charge in [0.15, 0.2) is 0 Å². The third-order valence-corrected chi connectivity index (χ3v) is 4.31. The largest absolute Gasteiger partial charge is 0.445 e. The van der Waals surface area contributed by atoms with Gasteiger partial charge in [-0.2, -0.15) is 0 Å². The van der Waals surface area contributed by atoms with Crippen molar-refractivity contribution in [3.8, 4) is 0 Å². The van der Waals surface area contributed by atoms with Crippen LogP contribution in [-0.4, -0.2) is 30.5 Å². The van der Waals surface area contributed by atoms with Gasteiger partial charge in [0.25, 0.3) is 0 Å². The Morgan fingerprint density at radius 2 is 1.79 bits per heavy atom. The van der Waals surface area contributed by atoms with Crippen LogP contribution in [0.15, 0.2) is 48.5 Å². The Morgan fingerprint density at radius 3 is 2.50 bits per heavy atom. The van der Waals surface area contributed by atoms with Gasteiger partial charge < -0.3 is 20.7 Å². The molecule has 148 valence electrons. The first-order valence-corrected chi connectivity index (χ1v) is 9.04. The van der Waals surface area contributed by atoms with Crippen molar-refractivity contribution in [3.63, 3.8) is 0 Å². The van der Waals surface area contributed by atoms with Crippen LogP contribution in [0.3, 0.4) is 0 Å². The average molecular weight is 404 g/mol. The molecule has 3 N–H and O–H groups in total. The molecular formula is C20H22ClN3O4. The van der Waals surface area contributed by atoms with E-state index in [0.717, 1.165) is 11.1 Å². The van der Waals surface area contributed by atoms with Gasteiger partial charge in [-0.25, -0.2) is 4.79 Å². The second-order valence-corrected chi connectivity index (χ2v) is 6.51. The second kappa shape index (κ2) is 10.3. The summed E-state index contributed by atoms with van der Waals surface area (Å²) < 4.78 is 5.06. The Bertz CT molecular complexity index is 843. The van der Waals surface area contributed by atoms with Crippen LogP contribution in [0.4, 0.5) is 10.5 Å². The number of carbonyl (C=O) groups is 3. The topological polar surface area (TPSA) is 96.5 Å². The lowest BCUT2D eigenvalue weighted by Gasteiger charge is -2.15. The van der Waals surface area contributed by atoms with Gasteiger partial charge in [0.05, 0.1) is 6.54 Å². The standard InChI is InChI=1S/C20H22ClN3O4/c1-13-16(21)9-6-10-17(13)24-18(25)11-22-19(26)14(2)23-20(27)28-12-15-7-4-3-5-8-15/h3-10,14H,11-12H2,1-2H3,(H,22,26)(H,23,27)(H,24,25). The highest BCUT2D eigenvalue weighted by atomic mass is 35.5. The van der Waals surface area contributed by atoms with Gasteiger partial charge in [-0.05, 0) is 37.1 Å². The van der Waals surface area contributed by atoms with E-state index in [4.69, 9.17) is 16.3 Å². The van der Waals surface area contributed by atoms with Crippen molar-refractivity contribution in [2.45, 2.75) is 26.5 Å². The molecule has 0 aromatic heterocycles. The molecule has 2 rings (SSSR count). The Labute approximate surface area is 168 Å². The minimum Gasteiger partial charge on any atom is -0.445 e. The fraction of sp³-hybridized carbons (Fsp3) is 0.250. The molecule has 2 aromatic carbocycles. The normalized spacial score (nSPS) is 11.2. The Morgan fingerprint density at radius 1 is 1.07 bits per heavy atom. The minimum atomic E-state index is -0.857. The maximum atomic E-state index is 12.0. The highest BCUT2D eigenvalue weighted by Crippen LogP contribution is 2.22. The lowest BCUT2D eigenvalue weighted by atomic mass is 10.2. The maximum absolute atomic E-state index is 12.0. The van der Waals surface area contributed by atoms with Crippen LogP contribution in [0.5, 0.6) is 0 Å². The van der Waals surface area contributed by atoms with Crippen LogP contribution in [0.25, 0.3) is 0 Å². The van der Waals surface area contributed by atoms with Crippen molar-refractivity contribution >= 4 is 35.2 Å². The van der Waals surface area contributed by atoms with E-state index in [1.165, 1.54) is 6.92 Å². The van der Waals surface area contributed by atoms with Gasteiger partial charge in [-0.3, -0.25) is 9.59 Å². The lowest BCUT2D eigenvalue weighted by molar-refractivity contribution is -0.125. The third kappa shape index (κ3) is 6.59. The molecule has 0 spiro atoms. The summed E-state index contributed by atoms with van der Waals surface area (Å²) in [5, 5.41) is 8.09. The molecular weight excluding hydrogens is 382 g/mol. The zero-order valence-electron chi connectivity index (χ0n) is 15.6. The van der Waals surface area contributed by atoms with E-state index in [2.05, 4.69) is 16.0 Å². The zero-order chi connectivity index (χ0) is 20.5.